The summed E-state index contributed by atoms with van der Waals surface area (Å²) in [6.07, 6.45) is -0.309. The van der Waals surface area contributed by atoms with Crippen LogP contribution in [0.25, 0.3) is 0 Å². The third-order valence-electron chi connectivity index (χ3n) is 6.48. The van der Waals surface area contributed by atoms with Crippen LogP contribution in [0.15, 0.2) is 72.8 Å². The number of hydrogen-bond acceptors (Lipinski definition) is 2. The van der Waals surface area contributed by atoms with Gasteiger partial charge in [-0.1, -0.05) is 54.6 Å². The van der Waals surface area contributed by atoms with Gasteiger partial charge in [-0.05, 0) is 48.6 Å². The second-order valence-corrected chi connectivity index (χ2v) is 8.35. The van der Waals surface area contributed by atoms with E-state index >= 15 is 4.39 Å². The van der Waals surface area contributed by atoms with Gasteiger partial charge in [0.1, 0.15) is 11.4 Å². The van der Waals surface area contributed by atoms with Crippen LogP contribution >= 0.6 is 0 Å². The van der Waals surface area contributed by atoms with Gasteiger partial charge in [0, 0.05) is 18.0 Å². The van der Waals surface area contributed by atoms with Crippen molar-refractivity contribution in [2.24, 2.45) is 0 Å². The maximum absolute atomic E-state index is 15.2. The topological polar surface area (TPSA) is 60.8 Å². The van der Waals surface area contributed by atoms with Crippen LogP contribution in [0.2, 0.25) is 0 Å². The Morgan fingerprint density at radius 1 is 1.00 bits per heavy atom. The summed E-state index contributed by atoms with van der Waals surface area (Å²) in [6.45, 7) is 0.167. The van der Waals surface area contributed by atoms with Crippen LogP contribution in [0.4, 0.5) is 18.0 Å². The molecular formula is C26H24F3NO3. The zero-order chi connectivity index (χ0) is 23.6. The fraction of sp³-hybridized carbons (Fsp3) is 0.269. The van der Waals surface area contributed by atoms with Crippen molar-refractivity contribution >= 4 is 6.09 Å². The van der Waals surface area contributed by atoms with E-state index in [-0.39, 0.29) is 24.9 Å². The zero-order valence-corrected chi connectivity index (χ0v) is 17.8. The van der Waals surface area contributed by atoms with Crippen molar-refractivity contribution in [3.8, 4) is 0 Å². The van der Waals surface area contributed by atoms with Gasteiger partial charge < -0.3 is 15.1 Å². The smallest absolute Gasteiger partial charge is 0.407 e. The van der Waals surface area contributed by atoms with Gasteiger partial charge in [-0.3, -0.25) is 0 Å². The first-order chi connectivity index (χ1) is 15.8. The molecule has 1 saturated heterocycles. The number of rotatable bonds is 6. The molecule has 0 aliphatic carbocycles. The van der Waals surface area contributed by atoms with Gasteiger partial charge in [0.05, 0.1) is 6.04 Å². The molecule has 1 amide bonds. The van der Waals surface area contributed by atoms with E-state index in [1.165, 1.54) is 36.4 Å². The lowest BCUT2D eigenvalue weighted by molar-refractivity contribution is -0.0588. The second-order valence-electron chi connectivity index (χ2n) is 8.35. The molecule has 7 heteroatoms. The van der Waals surface area contributed by atoms with Gasteiger partial charge in [-0.15, -0.1) is 0 Å². The average Bonchev–Trinajstić information content (AvgIpc) is 3.31. The molecule has 3 atom stereocenters. The maximum atomic E-state index is 15.2. The quantitative estimate of drug-likeness (QED) is 0.519. The third kappa shape index (κ3) is 4.33. The Hall–Kier alpha value is -3.32. The maximum Gasteiger partial charge on any atom is 0.407 e. The summed E-state index contributed by atoms with van der Waals surface area (Å²) in [5.74, 6) is -3.73. The van der Waals surface area contributed by atoms with E-state index in [0.717, 1.165) is 16.5 Å². The van der Waals surface area contributed by atoms with E-state index in [9.17, 15) is 23.8 Å². The molecule has 4 rings (SSSR count). The number of aliphatic hydroxyl groups is 1. The molecule has 3 aromatic carbocycles. The van der Waals surface area contributed by atoms with E-state index in [4.69, 9.17) is 0 Å². The first kappa shape index (κ1) is 22.9. The normalized spacial score (nSPS) is 18.7. The van der Waals surface area contributed by atoms with Crippen molar-refractivity contribution in [3.05, 3.63) is 107 Å². The number of halogens is 3. The Morgan fingerprint density at radius 3 is 2.36 bits per heavy atom. The molecule has 1 aliphatic heterocycles. The van der Waals surface area contributed by atoms with Crippen molar-refractivity contribution in [1.82, 2.24) is 4.90 Å². The Balaban J connectivity index is 1.95. The highest BCUT2D eigenvalue weighted by atomic mass is 19.2. The number of nitrogens with zero attached hydrogens (tertiary/aromatic N) is 1. The van der Waals surface area contributed by atoms with Crippen molar-refractivity contribution < 1.29 is 28.2 Å². The monoisotopic (exact) mass is 455 g/mol. The third-order valence-corrected chi connectivity index (χ3v) is 6.48. The average molecular weight is 455 g/mol. The highest BCUT2D eigenvalue weighted by Gasteiger charge is 2.52. The van der Waals surface area contributed by atoms with E-state index in [1.54, 1.807) is 0 Å². The van der Waals surface area contributed by atoms with E-state index in [2.05, 4.69) is 0 Å². The number of benzene rings is 3. The SMILES string of the molecule is O=C(O)N1CCCC1C(O)(c1cccc(F)c1F)[C@H](Cc1ccccc1)c1ccc(F)cc1. The molecule has 33 heavy (non-hydrogen) atoms. The number of hydrogen-bond donors (Lipinski definition) is 2. The van der Waals surface area contributed by atoms with Crippen molar-refractivity contribution in [2.75, 3.05) is 6.54 Å². The van der Waals surface area contributed by atoms with Gasteiger partial charge >= 0.3 is 6.09 Å². The van der Waals surface area contributed by atoms with Crippen LogP contribution in [0.1, 0.15) is 35.4 Å². The van der Waals surface area contributed by atoms with Crippen molar-refractivity contribution in [2.45, 2.75) is 36.8 Å². The highest BCUT2D eigenvalue weighted by molar-refractivity contribution is 5.66. The van der Waals surface area contributed by atoms with Crippen LogP contribution < -0.4 is 0 Å². The Morgan fingerprint density at radius 2 is 1.70 bits per heavy atom. The summed E-state index contributed by atoms with van der Waals surface area (Å²) in [5, 5.41) is 22.1. The predicted molar refractivity (Wildman–Crippen MR) is 117 cm³/mol. The van der Waals surface area contributed by atoms with Crippen LogP contribution in [0.5, 0.6) is 0 Å². The van der Waals surface area contributed by atoms with Crippen LogP contribution in [-0.2, 0) is 12.0 Å². The number of amides is 1. The van der Waals surface area contributed by atoms with Crippen molar-refractivity contribution in [1.29, 1.82) is 0 Å². The standard InChI is InChI=1S/C26H24F3NO3/c27-19-13-11-18(12-14-19)21(16-17-6-2-1-3-7-17)26(33,20-8-4-9-22(28)24(20)29)23-10-5-15-30(23)25(31)32/h1-4,6-9,11-14,21,23,33H,5,10,15-16H2,(H,31,32)/t21-,23?,26?/m1/s1. The summed E-state index contributed by atoms with van der Waals surface area (Å²) in [5.41, 5.74) is -1.13. The fourth-order valence-electron chi connectivity index (χ4n) is 4.94. The molecule has 172 valence electrons. The van der Waals surface area contributed by atoms with Gasteiger partial charge in [-0.2, -0.15) is 0 Å². The first-order valence-electron chi connectivity index (χ1n) is 10.8. The van der Waals surface area contributed by atoms with Crippen molar-refractivity contribution in [3.63, 3.8) is 0 Å². The van der Waals surface area contributed by atoms with E-state index < -0.39 is 41.1 Å². The minimum Gasteiger partial charge on any atom is -0.465 e. The molecule has 3 aromatic rings. The molecular weight excluding hydrogens is 431 g/mol. The second kappa shape index (κ2) is 9.27. The molecule has 0 aromatic heterocycles. The minimum absolute atomic E-state index is 0.167. The number of likely N-dealkylation sites (tertiary alicyclic amines) is 1. The lowest BCUT2D eigenvalue weighted by Crippen LogP contribution is -2.53. The summed E-state index contributed by atoms with van der Waals surface area (Å²) < 4.78 is 43.3. The van der Waals surface area contributed by atoms with Crippen LogP contribution in [0.3, 0.4) is 0 Å². The number of carbonyl (C=O) groups is 1. The summed E-state index contributed by atoms with van der Waals surface area (Å²) in [7, 11) is 0. The van der Waals surface area contributed by atoms with E-state index in [1.807, 2.05) is 30.3 Å². The molecule has 2 unspecified atom stereocenters. The summed E-state index contributed by atoms with van der Waals surface area (Å²) in [6, 6.07) is 17.1. The predicted octanol–water partition coefficient (Wildman–Crippen LogP) is 5.46. The minimum atomic E-state index is -2.12. The lowest BCUT2D eigenvalue weighted by Gasteiger charge is -2.44. The van der Waals surface area contributed by atoms with E-state index in [0.29, 0.717) is 12.0 Å². The molecule has 0 saturated carbocycles. The van der Waals surface area contributed by atoms with Gasteiger partial charge in [0.2, 0.25) is 0 Å². The molecule has 0 spiro atoms. The fourth-order valence-corrected chi connectivity index (χ4v) is 4.94. The summed E-state index contributed by atoms with van der Waals surface area (Å²) >= 11 is 0. The van der Waals surface area contributed by atoms with Gasteiger partial charge in [0.15, 0.2) is 11.6 Å². The highest BCUT2D eigenvalue weighted by Crippen LogP contribution is 2.47. The van der Waals surface area contributed by atoms with Gasteiger partial charge in [0.25, 0.3) is 0 Å². The largest absolute Gasteiger partial charge is 0.465 e. The Kier molecular flexibility index (Phi) is 6.42. The molecule has 4 nitrogen and oxygen atoms in total. The number of carboxylic acid groups (broad SMARTS) is 1. The molecule has 1 fully saturated rings. The summed E-state index contributed by atoms with van der Waals surface area (Å²) in [4.78, 5) is 13.1. The van der Waals surface area contributed by atoms with Crippen LogP contribution in [-0.4, -0.2) is 33.8 Å². The zero-order valence-electron chi connectivity index (χ0n) is 17.8. The first-order valence-corrected chi connectivity index (χ1v) is 10.8. The molecule has 1 heterocycles. The Bertz CT molecular complexity index is 1120. The molecule has 1 aliphatic rings. The van der Waals surface area contributed by atoms with Crippen LogP contribution in [0, 0.1) is 17.5 Å². The molecule has 0 bridgehead atoms. The lowest BCUT2D eigenvalue weighted by atomic mass is 9.69. The molecule has 0 radical (unpaired) electrons. The Labute approximate surface area is 189 Å². The molecule has 2 N–H and O–H groups in total. The van der Waals surface area contributed by atoms with Gasteiger partial charge in [-0.25, -0.2) is 18.0 Å².